The average molecular weight is 160 g/mol. The van der Waals surface area contributed by atoms with E-state index in [-0.39, 0.29) is 0 Å². The van der Waals surface area contributed by atoms with E-state index in [2.05, 4.69) is 32.7 Å². The van der Waals surface area contributed by atoms with Gasteiger partial charge in [-0.3, -0.25) is 0 Å². The normalized spacial score (nSPS) is 50.1. The molecule has 52 valence electrons. The molecule has 0 saturated carbocycles. The van der Waals surface area contributed by atoms with Gasteiger partial charge in [-0.2, -0.15) is 0 Å². The summed E-state index contributed by atoms with van der Waals surface area (Å²) in [6, 6.07) is -1.00. The van der Waals surface area contributed by atoms with Crippen LogP contribution in [-0.2, 0) is 11.8 Å². The van der Waals surface area contributed by atoms with Crippen molar-refractivity contribution in [3.63, 3.8) is 0 Å². The largest absolute Gasteiger partial charge is 0.0966 e. The summed E-state index contributed by atoms with van der Waals surface area (Å²) in [6.07, 6.45) is 4.54. The second kappa shape index (κ2) is 2.21. The molecule has 0 aromatic heterocycles. The van der Waals surface area contributed by atoms with Crippen molar-refractivity contribution in [1.29, 1.82) is 0 Å². The van der Waals surface area contributed by atoms with E-state index in [4.69, 9.17) is 11.8 Å². The minimum Gasteiger partial charge on any atom is -0.0966 e. The third-order valence-electron chi connectivity index (χ3n) is 2.29. The van der Waals surface area contributed by atoms with E-state index < -0.39 is 6.04 Å². The molecule has 0 nitrogen and oxygen atoms in total. The topological polar surface area (TPSA) is 0 Å². The van der Waals surface area contributed by atoms with Gasteiger partial charge >= 0.3 is 0 Å². The molecule has 1 aliphatic rings. The van der Waals surface area contributed by atoms with Crippen LogP contribution >= 0.6 is 6.04 Å². The van der Waals surface area contributed by atoms with Gasteiger partial charge in [0.15, 0.2) is 0 Å². The Kier molecular flexibility index (Phi) is 1.84. The molecule has 0 aliphatic carbocycles. The number of hydrogen-bond acceptors (Lipinski definition) is 1. The van der Waals surface area contributed by atoms with Crippen molar-refractivity contribution in [3.8, 4) is 0 Å². The fourth-order valence-corrected chi connectivity index (χ4v) is 3.08. The van der Waals surface area contributed by atoms with Gasteiger partial charge in [0.2, 0.25) is 0 Å². The van der Waals surface area contributed by atoms with Crippen molar-refractivity contribution < 1.29 is 0 Å². The van der Waals surface area contributed by atoms with E-state index >= 15 is 0 Å². The van der Waals surface area contributed by atoms with Crippen LogP contribution in [0.1, 0.15) is 13.8 Å². The van der Waals surface area contributed by atoms with Gasteiger partial charge in [-0.1, -0.05) is 37.8 Å². The highest BCUT2D eigenvalue weighted by molar-refractivity contribution is 8.15. The third-order valence-corrected chi connectivity index (χ3v) is 7.86. The molecule has 9 heavy (non-hydrogen) atoms. The fourth-order valence-electron chi connectivity index (χ4n) is 1.03. The maximum absolute atomic E-state index is 5.50. The first kappa shape index (κ1) is 7.50. The summed E-state index contributed by atoms with van der Waals surface area (Å²) in [5.74, 6) is 0. The average Bonchev–Trinajstić information content (AvgIpc) is 1.96. The van der Waals surface area contributed by atoms with Crippen LogP contribution in [0.4, 0.5) is 0 Å². The zero-order chi connectivity index (χ0) is 7.07. The van der Waals surface area contributed by atoms with E-state index in [0.717, 1.165) is 0 Å². The fraction of sp³-hybridized carbons (Fsp3) is 0.714. The van der Waals surface area contributed by atoms with E-state index in [1.54, 1.807) is 0 Å². The predicted octanol–water partition coefficient (Wildman–Crippen LogP) is 2.44. The summed E-state index contributed by atoms with van der Waals surface area (Å²) in [4.78, 5) is 0. The molecule has 0 aromatic rings. The van der Waals surface area contributed by atoms with Gasteiger partial charge in [0.25, 0.3) is 0 Å². The van der Waals surface area contributed by atoms with Crippen LogP contribution in [0.2, 0.25) is 0 Å². The lowest BCUT2D eigenvalue weighted by Crippen LogP contribution is -2.00. The molecule has 0 amide bonds. The van der Waals surface area contributed by atoms with Crippen molar-refractivity contribution in [2.24, 2.45) is 0 Å². The quantitative estimate of drug-likeness (QED) is 0.387. The molecule has 3 atom stereocenters. The smallest absolute Gasteiger partial charge is 0.00354 e. The van der Waals surface area contributed by atoms with Crippen molar-refractivity contribution in [3.05, 3.63) is 12.2 Å². The molecule has 1 rings (SSSR count). The first-order chi connectivity index (χ1) is 4.05. The molecule has 2 heteroatoms. The van der Waals surface area contributed by atoms with Gasteiger partial charge in [-0.15, -0.1) is 0 Å². The van der Waals surface area contributed by atoms with Crippen LogP contribution in [0.5, 0.6) is 0 Å². The second-order valence-corrected chi connectivity index (χ2v) is 9.03. The Morgan fingerprint density at radius 3 is 1.67 bits per heavy atom. The Bertz CT molecular complexity index is 167. The lowest BCUT2D eigenvalue weighted by molar-refractivity contribution is 1.22. The minimum atomic E-state index is -1.00. The summed E-state index contributed by atoms with van der Waals surface area (Å²) in [6.45, 7) is 6.74. The Morgan fingerprint density at radius 1 is 1.22 bits per heavy atom. The maximum atomic E-state index is 5.50. The monoisotopic (exact) mass is 160 g/mol. The molecule has 0 N–H and O–H groups in total. The van der Waals surface area contributed by atoms with E-state index in [9.17, 15) is 0 Å². The van der Waals surface area contributed by atoms with Gasteiger partial charge in [-0.25, -0.2) is 0 Å². The van der Waals surface area contributed by atoms with Crippen LogP contribution in [0, 0.1) is 0 Å². The summed E-state index contributed by atoms with van der Waals surface area (Å²) in [5, 5.41) is 0. The highest BCUT2D eigenvalue weighted by atomic mass is 32.4. The molecule has 0 radical (unpaired) electrons. The van der Waals surface area contributed by atoms with Gasteiger partial charge in [0, 0.05) is 11.3 Å². The minimum absolute atomic E-state index is 0.683. The van der Waals surface area contributed by atoms with Crippen LogP contribution in [0.25, 0.3) is 0 Å². The molecule has 0 saturated heterocycles. The molecular formula is C7H13PS. The molecule has 1 aliphatic heterocycles. The zero-order valence-corrected chi connectivity index (χ0v) is 7.88. The molecule has 0 bridgehead atoms. The summed E-state index contributed by atoms with van der Waals surface area (Å²) < 4.78 is 0. The number of hydrogen-bond donors (Lipinski definition) is 0. The Hall–Kier alpha value is 0.390. The summed E-state index contributed by atoms with van der Waals surface area (Å²) >= 11 is 5.50. The van der Waals surface area contributed by atoms with Crippen LogP contribution in [-0.4, -0.2) is 18.0 Å². The Morgan fingerprint density at radius 2 is 1.56 bits per heavy atom. The van der Waals surface area contributed by atoms with Gasteiger partial charge in [0.05, 0.1) is 0 Å². The molecule has 0 aromatic carbocycles. The summed E-state index contributed by atoms with van der Waals surface area (Å²) in [5.41, 5.74) is 1.37. The molecule has 0 fully saturated rings. The standard InChI is InChI=1S/C7H13PS/c1-6-4-5-7(2)8(6,3)9/h4-7H,1-3H3/t6-,7+,8?. The highest BCUT2D eigenvalue weighted by Gasteiger charge is 2.27. The first-order valence-electron chi connectivity index (χ1n) is 3.30. The Balaban J connectivity index is 2.89. The molecule has 0 spiro atoms. The van der Waals surface area contributed by atoms with Crippen molar-refractivity contribution in [2.75, 3.05) is 6.66 Å². The third kappa shape index (κ3) is 1.13. The number of allylic oxidation sites excluding steroid dienone is 2. The molecule has 1 heterocycles. The van der Waals surface area contributed by atoms with Crippen LogP contribution in [0.15, 0.2) is 12.2 Å². The zero-order valence-electron chi connectivity index (χ0n) is 6.16. The Labute approximate surface area is 62.4 Å². The van der Waals surface area contributed by atoms with Crippen molar-refractivity contribution >= 4 is 17.8 Å². The lowest BCUT2D eigenvalue weighted by atomic mass is 10.4. The van der Waals surface area contributed by atoms with Crippen molar-refractivity contribution in [2.45, 2.75) is 25.2 Å². The highest BCUT2D eigenvalue weighted by Crippen LogP contribution is 2.56. The van der Waals surface area contributed by atoms with E-state index in [0.29, 0.717) is 11.3 Å². The van der Waals surface area contributed by atoms with Gasteiger partial charge in [0.1, 0.15) is 0 Å². The predicted molar refractivity (Wildman–Crippen MR) is 48.3 cm³/mol. The molecular weight excluding hydrogens is 147 g/mol. The summed E-state index contributed by atoms with van der Waals surface area (Å²) in [7, 11) is 0. The van der Waals surface area contributed by atoms with Crippen LogP contribution in [0.3, 0.4) is 0 Å². The lowest BCUT2D eigenvalue weighted by Gasteiger charge is -2.19. The van der Waals surface area contributed by atoms with Crippen molar-refractivity contribution in [1.82, 2.24) is 0 Å². The maximum Gasteiger partial charge on any atom is 0.00354 e. The van der Waals surface area contributed by atoms with Gasteiger partial charge < -0.3 is 0 Å². The van der Waals surface area contributed by atoms with Crippen LogP contribution < -0.4 is 0 Å². The van der Waals surface area contributed by atoms with Gasteiger partial charge in [-0.05, 0) is 12.7 Å². The number of rotatable bonds is 0. The van der Waals surface area contributed by atoms with E-state index in [1.165, 1.54) is 0 Å². The second-order valence-electron chi connectivity index (χ2n) is 2.92. The first-order valence-corrected chi connectivity index (χ1v) is 6.69. The SMILES string of the molecule is C[C@@H]1C=C[C@H](C)P1(C)=S. The molecule has 1 unspecified atom stereocenters. The van der Waals surface area contributed by atoms with E-state index in [1.807, 2.05) is 0 Å².